The van der Waals surface area contributed by atoms with E-state index in [1.807, 2.05) is 0 Å². The number of rotatable bonds is 5. The molecule has 0 saturated carbocycles. The lowest BCUT2D eigenvalue weighted by Crippen LogP contribution is -2.22. The van der Waals surface area contributed by atoms with Crippen molar-refractivity contribution in [3.05, 3.63) is 36.0 Å². The summed E-state index contributed by atoms with van der Waals surface area (Å²) in [6, 6.07) is 8.06. The van der Waals surface area contributed by atoms with E-state index in [0.29, 0.717) is 11.6 Å². The first kappa shape index (κ1) is 16.6. The maximum absolute atomic E-state index is 12.0. The molecule has 0 unspecified atom stereocenters. The van der Waals surface area contributed by atoms with Crippen LogP contribution in [-0.2, 0) is 14.6 Å². The normalized spacial score (nSPS) is 12.9. The number of amides is 1. The van der Waals surface area contributed by atoms with E-state index in [-0.39, 0.29) is 16.1 Å². The van der Waals surface area contributed by atoms with Crippen molar-refractivity contribution in [2.24, 2.45) is 0 Å². The molecule has 22 heavy (non-hydrogen) atoms. The molecule has 0 bridgehead atoms. The molecule has 6 nitrogen and oxygen atoms in total. The minimum atomic E-state index is -3.21. The van der Waals surface area contributed by atoms with Crippen LogP contribution in [0.4, 0.5) is 5.88 Å². The van der Waals surface area contributed by atoms with Crippen molar-refractivity contribution >= 4 is 33.4 Å². The summed E-state index contributed by atoms with van der Waals surface area (Å²) in [5.41, 5.74) is 0.687. The molecule has 1 atom stereocenters. The molecular weight excluding hydrogens is 324 g/mol. The van der Waals surface area contributed by atoms with E-state index in [1.54, 1.807) is 32.0 Å². The molecule has 0 aliphatic heterocycles. The summed E-state index contributed by atoms with van der Waals surface area (Å²) in [7, 11) is -3.21. The average molecular weight is 340 g/mol. The Balaban J connectivity index is 1.99. The summed E-state index contributed by atoms with van der Waals surface area (Å²) < 4.78 is 27.7. The van der Waals surface area contributed by atoms with Crippen LogP contribution in [0.1, 0.15) is 12.6 Å². The Kier molecular flexibility index (Phi) is 4.92. The molecule has 1 aromatic carbocycles. The van der Waals surface area contributed by atoms with Crippen LogP contribution in [0.15, 0.2) is 44.6 Å². The number of aryl methyl sites for hydroxylation is 1. The van der Waals surface area contributed by atoms with Gasteiger partial charge in [0.05, 0.1) is 15.8 Å². The van der Waals surface area contributed by atoms with Crippen LogP contribution >= 0.6 is 11.8 Å². The minimum absolute atomic E-state index is 0.215. The number of hydrogen-bond donors (Lipinski definition) is 1. The van der Waals surface area contributed by atoms with E-state index in [9.17, 15) is 13.2 Å². The molecule has 0 radical (unpaired) electrons. The lowest BCUT2D eigenvalue weighted by Gasteiger charge is -2.10. The highest BCUT2D eigenvalue weighted by Crippen LogP contribution is 2.25. The van der Waals surface area contributed by atoms with Gasteiger partial charge >= 0.3 is 0 Å². The molecule has 1 heterocycles. The average Bonchev–Trinajstić information content (AvgIpc) is 2.83. The van der Waals surface area contributed by atoms with Crippen LogP contribution in [0.5, 0.6) is 0 Å². The van der Waals surface area contributed by atoms with Gasteiger partial charge in [0, 0.05) is 17.2 Å². The molecule has 0 spiro atoms. The molecule has 1 N–H and O–H groups in total. The highest BCUT2D eigenvalue weighted by molar-refractivity contribution is 8.00. The van der Waals surface area contributed by atoms with Crippen molar-refractivity contribution in [2.45, 2.75) is 28.9 Å². The SMILES string of the molecule is Cc1cc(NC(=O)[C@@H](C)Sc2ccc(S(C)(=O)=O)cc2)on1. The second-order valence-electron chi connectivity index (χ2n) is 4.83. The molecule has 8 heteroatoms. The number of hydrogen-bond acceptors (Lipinski definition) is 6. The maximum Gasteiger partial charge on any atom is 0.239 e. The third-order valence-corrected chi connectivity index (χ3v) is 5.05. The van der Waals surface area contributed by atoms with Gasteiger partial charge in [-0.15, -0.1) is 11.8 Å². The van der Waals surface area contributed by atoms with Crippen molar-refractivity contribution in [1.82, 2.24) is 5.16 Å². The number of anilines is 1. The van der Waals surface area contributed by atoms with Gasteiger partial charge in [-0.25, -0.2) is 8.42 Å². The van der Waals surface area contributed by atoms with Crippen LogP contribution in [0.3, 0.4) is 0 Å². The van der Waals surface area contributed by atoms with Gasteiger partial charge in [-0.1, -0.05) is 5.16 Å². The molecule has 2 rings (SSSR count). The monoisotopic (exact) mass is 340 g/mol. The fraction of sp³-hybridized carbons (Fsp3) is 0.286. The van der Waals surface area contributed by atoms with Crippen LogP contribution in [0.25, 0.3) is 0 Å². The fourth-order valence-corrected chi connectivity index (χ4v) is 3.17. The van der Waals surface area contributed by atoms with E-state index in [2.05, 4.69) is 10.5 Å². The van der Waals surface area contributed by atoms with Crippen molar-refractivity contribution in [3.8, 4) is 0 Å². The van der Waals surface area contributed by atoms with Crippen molar-refractivity contribution in [1.29, 1.82) is 0 Å². The molecule has 1 amide bonds. The third-order valence-electron chi connectivity index (χ3n) is 2.81. The zero-order chi connectivity index (χ0) is 16.3. The Labute approximate surface area is 133 Å². The predicted molar refractivity (Wildman–Crippen MR) is 84.7 cm³/mol. The Bertz CT molecular complexity index is 766. The molecule has 0 saturated heterocycles. The Morgan fingerprint density at radius 1 is 1.32 bits per heavy atom. The lowest BCUT2D eigenvalue weighted by molar-refractivity contribution is -0.115. The summed E-state index contributed by atoms with van der Waals surface area (Å²) in [6.45, 7) is 3.52. The highest BCUT2D eigenvalue weighted by Gasteiger charge is 2.16. The molecular formula is C14H16N2O4S2. The van der Waals surface area contributed by atoms with Gasteiger partial charge in [-0.3, -0.25) is 10.1 Å². The summed E-state index contributed by atoms with van der Waals surface area (Å²) >= 11 is 1.33. The first-order chi connectivity index (χ1) is 10.3. The van der Waals surface area contributed by atoms with Gasteiger partial charge < -0.3 is 4.52 Å². The number of carbonyl (C=O) groups excluding carboxylic acids is 1. The standard InChI is InChI=1S/C14H16N2O4S2/c1-9-8-13(20-16-9)15-14(17)10(2)21-11-4-6-12(7-5-11)22(3,18)19/h4-8,10H,1-3H3,(H,15,17)/t10-/m1/s1. The van der Waals surface area contributed by atoms with E-state index >= 15 is 0 Å². The van der Waals surface area contributed by atoms with E-state index in [1.165, 1.54) is 23.9 Å². The largest absolute Gasteiger partial charge is 0.338 e. The summed E-state index contributed by atoms with van der Waals surface area (Å²) in [5, 5.41) is 5.96. The van der Waals surface area contributed by atoms with Crippen molar-refractivity contribution in [3.63, 3.8) is 0 Å². The lowest BCUT2D eigenvalue weighted by atomic mass is 10.4. The number of nitrogens with one attached hydrogen (secondary N) is 1. The van der Waals surface area contributed by atoms with Crippen molar-refractivity contribution in [2.75, 3.05) is 11.6 Å². The number of sulfone groups is 1. The molecule has 0 fully saturated rings. The summed E-state index contributed by atoms with van der Waals surface area (Å²) in [5.74, 6) is 0.0933. The van der Waals surface area contributed by atoms with E-state index in [0.717, 1.165) is 11.2 Å². The zero-order valence-electron chi connectivity index (χ0n) is 12.4. The van der Waals surface area contributed by atoms with Gasteiger partial charge in [0.2, 0.25) is 11.8 Å². The van der Waals surface area contributed by atoms with Gasteiger partial charge in [0.15, 0.2) is 9.84 Å². The summed E-state index contributed by atoms with van der Waals surface area (Å²) in [4.78, 5) is 13.1. The van der Waals surface area contributed by atoms with E-state index < -0.39 is 9.84 Å². The van der Waals surface area contributed by atoms with Gasteiger partial charge in [-0.2, -0.15) is 0 Å². The second-order valence-corrected chi connectivity index (χ2v) is 8.26. The fourth-order valence-electron chi connectivity index (χ4n) is 1.67. The van der Waals surface area contributed by atoms with Gasteiger partial charge in [0.25, 0.3) is 0 Å². The van der Waals surface area contributed by atoms with Crippen LogP contribution in [0, 0.1) is 6.92 Å². The number of carbonyl (C=O) groups is 1. The first-order valence-electron chi connectivity index (χ1n) is 6.46. The van der Waals surface area contributed by atoms with Crippen LogP contribution < -0.4 is 5.32 Å². The Hall–Kier alpha value is -1.80. The highest BCUT2D eigenvalue weighted by atomic mass is 32.2. The number of aromatic nitrogens is 1. The van der Waals surface area contributed by atoms with Crippen molar-refractivity contribution < 1.29 is 17.7 Å². The molecule has 0 aliphatic rings. The number of nitrogens with zero attached hydrogens (tertiary/aromatic N) is 1. The quantitative estimate of drug-likeness (QED) is 0.841. The molecule has 0 aliphatic carbocycles. The smallest absolute Gasteiger partial charge is 0.239 e. The third kappa shape index (κ3) is 4.35. The summed E-state index contributed by atoms with van der Waals surface area (Å²) in [6.07, 6.45) is 1.16. The first-order valence-corrected chi connectivity index (χ1v) is 9.24. The molecule has 1 aromatic heterocycles. The van der Waals surface area contributed by atoms with Crippen LogP contribution in [0.2, 0.25) is 0 Å². The van der Waals surface area contributed by atoms with E-state index in [4.69, 9.17) is 4.52 Å². The van der Waals surface area contributed by atoms with Crippen LogP contribution in [-0.4, -0.2) is 31.0 Å². The predicted octanol–water partition coefficient (Wildman–Crippen LogP) is 2.51. The minimum Gasteiger partial charge on any atom is -0.338 e. The maximum atomic E-state index is 12.0. The Morgan fingerprint density at radius 2 is 1.95 bits per heavy atom. The Morgan fingerprint density at radius 3 is 2.45 bits per heavy atom. The number of benzene rings is 1. The molecule has 118 valence electrons. The topological polar surface area (TPSA) is 89.3 Å². The van der Waals surface area contributed by atoms with Gasteiger partial charge in [-0.05, 0) is 38.1 Å². The zero-order valence-corrected chi connectivity index (χ0v) is 14.0. The number of thioether (sulfide) groups is 1. The van der Waals surface area contributed by atoms with Gasteiger partial charge in [0.1, 0.15) is 0 Å². The second kappa shape index (κ2) is 6.53. The molecule has 2 aromatic rings.